The SMILES string of the molecule is Cc1ccc(C(=O)N[C@@H]2C[C@@H]3C[C@H]2N(C(=O)[C@@H]2CC[C@@H](O)C2)C3)c(Cl)c1. The van der Waals surface area contributed by atoms with Crippen molar-refractivity contribution in [2.45, 2.75) is 57.2 Å². The molecule has 6 heteroatoms. The lowest BCUT2D eigenvalue weighted by atomic mass is 10.0. The first-order valence-electron chi connectivity index (χ1n) is 9.48. The van der Waals surface area contributed by atoms with Crippen LogP contribution in [0.15, 0.2) is 18.2 Å². The molecule has 0 radical (unpaired) electrons. The molecule has 2 aliphatic carbocycles. The number of amides is 2. The van der Waals surface area contributed by atoms with Crippen LogP contribution < -0.4 is 5.32 Å². The summed E-state index contributed by atoms with van der Waals surface area (Å²) in [4.78, 5) is 27.5. The van der Waals surface area contributed by atoms with Crippen LogP contribution in [0.4, 0.5) is 0 Å². The predicted octanol–water partition coefficient (Wildman–Crippen LogP) is 2.53. The summed E-state index contributed by atoms with van der Waals surface area (Å²) in [6, 6.07) is 5.47. The lowest BCUT2D eigenvalue weighted by Gasteiger charge is -2.35. The van der Waals surface area contributed by atoms with Gasteiger partial charge in [0, 0.05) is 18.5 Å². The topological polar surface area (TPSA) is 69.6 Å². The molecule has 1 aromatic rings. The van der Waals surface area contributed by atoms with Crippen LogP contribution in [0.5, 0.6) is 0 Å². The van der Waals surface area contributed by atoms with E-state index < -0.39 is 0 Å². The van der Waals surface area contributed by atoms with Crippen LogP contribution in [-0.2, 0) is 4.79 Å². The first-order chi connectivity index (χ1) is 12.4. The van der Waals surface area contributed by atoms with Gasteiger partial charge in [-0.3, -0.25) is 9.59 Å². The maximum atomic E-state index is 12.9. The van der Waals surface area contributed by atoms with E-state index in [0.29, 0.717) is 29.3 Å². The molecule has 1 heterocycles. The van der Waals surface area contributed by atoms with Crippen LogP contribution in [0.1, 0.15) is 48.0 Å². The number of nitrogens with zero attached hydrogens (tertiary/aromatic N) is 1. The van der Waals surface area contributed by atoms with Crippen molar-refractivity contribution in [3.05, 3.63) is 34.3 Å². The summed E-state index contributed by atoms with van der Waals surface area (Å²) in [7, 11) is 0. The standard InChI is InChI=1S/C20H25ClN2O3/c1-11-2-5-15(16(21)6-11)19(25)22-17-7-12-8-18(17)23(10-12)20(26)13-3-4-14(24)9-13/h2,5-6,12-14,17-18,24H,3-4,7-10H2,1H3,(H,22,25)/t12-,13-,14-,17-,18-/m1/s1. The number of aryl methyl sites for hydroxylation is 1. The number of nitrogens with one attached hydrogen (secondary N) is 1. The molecule has 3 aliphatic rings. The van der Waals surface area contributed by atoms with Crippen molar-refractivity contribution in [1.29, 1.82) is 0 Å². The van der Waals surface area contributed by atoms with Gasteiger partial charge in [-0.2, -0.15) is 0 Å². The number of likely N-dealkylation sites (tertiary alicyclic amines) is 1. The molecule has 3 fully saturated rings. The normalized spacial score (nSPS) is 32.9. The number of aliphatic hydroxyl groups excluding tert-OH is 1. The molecule has 2 N–H and O–H groups in total. The number of aliphatic hydroxyl groups is 1. The smallest absolute Gasteiger partial charge is 0.253 e. The summed E-state index contributed by atoms with van der Waals surface area (Å²) in [5.41, 5.74) is 1.50. The predicted molar refractivity (Wildman–Crippen MR) is 99.0 cm³/mol. The van der Waals surface area contributed by atoms with Gasteiger partial charge in [0.05, 0.1) is 22.7 Å². The highest BCUT2D eigenvalue weighted by molar-refractivity contribution is 6.33. The van der Waals surface area contributed by atoms with Gasteiger partial charge < -0.3 is 15.3 Å². The molecule has 0 unspecified atom stereocenters. The van der Waals surface area contributed by atoms with Crippen LogP contribution in [0.25, 0.3) is 0 Å². The third kappa shape index (κ3) is 3.23. The van der Waals surface area contributed by atoms with Crippen molar-refractivity contribution in [3.8, 4) is 0 Å². The number of carbonyl (C=O) groups is 2. The fourth-order valence-corrected chi connectivity index (χ4v) is 5.22. The zero-order valence-corrected chi connectivity index (χ0v) is 15.7. The van der Waals surface area contributed by atoms with E-state index in [9.17, 15) is 14.7 Å². The van der Waals surface area contributed by atoms with Gasteiger partial charge in [-0.15, -0.1) is 0 Å². The number of carbonyl (C=O) groups excluding carboxylic acids is 2. The molecule has 0 aromatic heterocycles. The van der Waals surface area contributed by atoms with E-state index in [2.05, 4.69) is 5.32 Å². The van der Waals surface area contributed by atoms with E-state index in [4.69, 9.17) is 11.6 Å². The minimum atomic E-state index is -0.345. The maximum Gasteiger partial charge on any atom is 0.253 e. The molecular weight excluding hydrogens is 352 g/mol. The van der Waals surface area contributed by atoms with Gasteiger partial charge in [-0.25, -0.2) is 0 Å². The molecule has 5 atom stereocenters. The molecular formula is C20H25ClN2O3. The van der Waals surface area contributed by atoms with Crippen molar-refractivity contribution in [1.82, 2.24) is 10.2 Å². The van der Waals surface area contributed by atoms with Gasteiger partial charge in [-0.1, -0.05) is 17.7 Å². The van der Waals surface area contributed by atoms with E-state index in [1.807, 2.05) is 17.9 Å². The summed E-state index contributed by atoms with van der Waals surface area (Å²) >= 11 is 6.22. The minimum absolute atomic E-state index is 0.0195. The van der Waals surface area contributed by atoms with Crippen LogP contribution in [-0.4, -0.2) is 46.6 Å². The second-order valence-corrected chi connectivity index (χ2v) is 8.53. The van der Waals surface area contributed by atoms with Crippen LogP contribution in [0.3, 0.4) is 0 Å². The molecule has 140 valence electrons. The molecule has 2 saturated carbocycles. The minimum Gasteiger partial charge on any atom is -0.393 e. The Morgan fingerprint density at radius 2 is 2.04 bits per heavy atom. The van der Waals surface area contributed by atoms with Crippen LogP contribution >= 0.6 is 11.6 Å². The average molecular weight is 377 g/mol. The lowest BCUT2D eigenvalue weighted by Crippen LogP contribution is -2.53. The Bertz CT molecular complexity index is 738. The number of hydrogen-bond acceptors (Lipinski definition) is 3. The fraction of sp³-hybridized carbons (Fsp3) is 0.600. The Kier molecular flexibility index (Phi) is 4.70. The van der Waals surface area contributed by atoms with Gasteiger partial charge in [0.15, 0.2) is 0 Å². The van der Waals surface area contributed by atoms with E-state index in [1.54, 1.807) is 12.1 Å². The van der Waals surface area contributed by atoms with Gasteiger partial charge >= 0.3 is 0 Å². The third-order valence-corrected chi connectivity index (χ3v) is 6.52. The molecule has 2 amide bonds. The van der Waals surface area contributed by atoms with Crippen LogP contribution in [0.2, 0.25) is 5.02 Å². The van der Waals surface area contributed by atoms with Gasteiger partial charge in [0.25, 0.3) is 5.91 Å². The quantitative estimate of drug-likeness (QED) is 0.851. The molecule has 5 nitrogen and oxygen atoms in total. The van der Waals surface area contributed by atoms with Crippen molar-refractivity contribution in [2.24, 2.45) is 11.8 Å². The Labute approximate surface area is 158 Å². The molecule has 1 aromatic carbocycles. The number of fused-ring (bicyclic) bond motifs is 2. The highest BCUT2D eigenvalue weighted by atomic mass is 35.5. The second-order valence-electron chi connectivity index (χ2n) is 8.12. The van der Waals surface area contributed by atoms with E-state index in [-0.39, 0.29) is 35.9 Å². The fourth-order valence-electron chi connectivity index (χ4n) is 4.90. The summed E-state index contributed by atoms with van der Waals surface area (Å²) in [5, 5.41) is 13.3. The Morgan fingerprint density at radius 1 is 1.23 bits per heavy atom. The van der Waals surface area contributed by atoms with Crippen molar-refractivity contribution in [2.75, 3.05) is 6.54 Å². The Hall–Kier alpha value is -1.59. The number of piperidine rings is 1. The zero-order valence-electron chi connectivity index (χ0n) is 15.0. The summed E-state index contributed by atoms with van der Waals surface area (Å²) in [6.45, 7) is 2.72. The number of hydrogen-bond donors (Lipinski definition) is 2. The summed E-state index contributed by atoms with van der Waals surface area (Å²) in [6.07, 6.45) is 3.57. The number of rotatable bonds is 3. The monoisotopic (exact) mass is 376 g/mol. The van der Waals surface area contributed by atoms with Crippen molar-refractivity contribution >= 4 is 23.4 Å². The van der Waals surface area contributed by atoms with Crippen molar-refractivity contribution < 1.29 is 14.7 Å². The molecule has 2 bridgehead atoms. The third-order valence-electron chi connectivity index (χ3n) is 6.20. The largest absolute Gasteiger partial charge is 0.393 e. The first kappa shape index (κ1) is 17.8. The maximum absolute atomic E-state index is 12.9. The van der Waals surface area contributed by atoms with Crippen molar-refractivity contribution in [3.63, 3.8) is 0 Å². The Balaban J connectivity index is 1.43. The highest BCUT2D eigenvalue weighted by Crippen LogP contribution is 2.40. The number of halogens is 1. The Morgan fingerprint density at radius 3 is 2.69 bits per heavy atom. The van der Waals surface area contributed by atoms with E-state index >= 15 is 0 Å². The van der Waals surface area contributed by atoms with Gasteiger partial charge in [0.2, 0.25) is 5.91 Å². The molecule has 26 heavy (non-hydrogen) atoms. The first-order valence-corrected chi connectivity index (χ1v) is 9.85. The highest BCUT2D eigenvalue weighted by Gasteiger charge is 2.49. The van der Waals surface area contributed by atoms with E-state index in [0.717, 1.165) is 31.4 Å². The van der Waals surface area contributed by atoms with Gasteiger partial charge in [0.1, 0.15) is 0 Å². The van der Waals surface area contributed by atoms with E-state index in [1.165, 1.54) is 0 Å². The second kappa shape index (κ2) is 6.86. The lowest BCUT2D eigenvalue weighted by molar-refractivity contribution is -0.137. The molecule has 1 aliphatic heterocycles. The molecule has 0 spiro atoms. The average Bonchev–Trinajstić information content (AvgIpc) is 3.29. The molecule has 4 rings (SSSR count). The number of benzene rings is 1. The van der Waals surface area contributed by atoms with Gasteiger partial charge in [-0.05, 0) is 62.6 Å². The van der Waals surface area contributed by atoms with Crippen LogP contribution in [0, 0.1) is 18.8 Å². The zero-order chi connectivity index (χ0) is 18.4. The molecule has 1 saturated heterocycles. The summed E-state index contributed by atoms with van der Waals surface area (Å²) < 4.78 is 0. The summed E-state index contributed by atoms with van der Waals surface area (Å²) in [5.74, 6) is 0.374.